The summed E-state index contributed by atoms with van der Waals surface area (Å²) in [4.78, 5) is 39.4. The number of nitrogens with one attached hydrogen (secondary N) is 1. The van der Waals surface area contributed by atoms with E-state index in [1.165, 1.54) is 11.3 Å². The first-order valence-electron chi connectivity index (χ1n) is 9.35. The molecule has 4 heterocycles. The van der Waals surface area contributed by atoms with E-state index < -0.39 is 0 Å². The summed E-state index contributed by atoms with van der Waals surface area (Å²) >= 11 is 3.06. The molecule has 0 aliphatic carbocycles. The Morgan fingerprint density at radius 1 is 1.29 bits per heavy atom. The minimum atomic E-state index is -0.116. The lowest BCUT2D eigenvalue weighted by Crippen LogP contribution is -2.39. The number of hydrogen-bond donors (Lipinski definition) is 1. The molecule has 4 rings (SSSR count). The zero-order chi connectivity index (χ0) is 19.7. The van der Waals surface area contributed by atoms with Gasteiger partial charge in [-0.3, -0.25) is 9.59 Å². The van der Waals surface area contributed by atoms with Crippen molar-refractivity contribution in [3.63, 3.8) is 0 Å². The standard InChI is InChI=1S/C20H22N4O2S2/c1-12-19(28-13(2)21-12)20(26)24-6-3-14(4-7-24)9-17-22-16(10-18(25)23-17)15-5-8-27-11-15/h5,8,10-11,14H,3-4,6-7,9H2,1-2H3,(H,22,23,25). The van der Waals surface area contributed by atoms with Gasteiger partial charge in [-0.15, -0.1) is 11.3 Å². The summed E-state index contributed by atoms with van der Waals surface area (Å²) in [7, 11) is 0. The van der Waals surface area contributed by atoms with E-state index in [0.717, 1.165) is 65.0 Å². The Balaban J connectivity index is 1.40. The molecule has 1 amide bonds. The molecule has 1 saturated heterocycles. The van der Waals surface area contributed by atoms with Crippen LogP contribution in [0, 0.1) is 19.8 Å². The Hall–Kier alpha value is -2.32. The number of nitrogens with zero attached hydrogens (tertiary/aromatic N) is 3. The molecule has 1 aliphatic heterocycles. The zero-order valence-corrected chi connectivity index (χ0v) is 17.5. The number of amides is 1. The SMILES string of the molecule is Cc1nc(C)c(C(=O)N2CCC(Cc3nc(-c4ccsc4)cc(=O)[nH]3)CC2)s1. The minimum absolute atomic E-state index is 0.0903. The second-order valence-corrected chi connectivity index (χ2v) is 9.16. The van der Waals surface area contributed by atoms with Gasteiger partial charge in [0.1, 0.15) is 10.7 Å². The molecule has 1 aliphatic rings. The third kappa shape index (κ3) is 4.07. The van der Waals surface area contributed by atoms with E-state index in [2.05, 4.69) is 15.0 Å². The fourth-order valence-electron chi connectivity index (χ4n) is 3.65. The summed E-state index contributed by atoms with van der Waals surface area (Å²) in [5.41, 5.74) is 2.41. The van der Waals surface area contributed by atoms with E-state index in [0.29, 0.717) is 5.92 Å². The highest BCUT2D eigenvalue weighted by Crippen LogP contribution is 2.25. The van der Waals surface area contributed by atoms with Crippen LogP contribution in [0.3, 0.4) is 0 Å². The van der Waals surface area contributed by atoms with Crippen molar-refractivity contribution in [1.82, 2.24) is 19.9 Å². The van der Waals surface area contributed by atoms with Crippen LogP contribution in [0.1, 0.15) is 39.0 Å². The normalized spacial score (nSPS) is 15.1. The van der Waals surface area contributed by atoms with E-state index >= 15 is 0 Å². The number of carbonyl (C=O) groups excluding carboxylic acids is 1. The summed E-state index contributed by atoms with van der Waals surface area (Å²) in [5, 5.41) is 4.91. The Morgan fingerprint density at radius 2 is 2.07 bits per heavy atom. The Morgan fingerprint density at radius 3 is 2.71 bits per heavy atom. The van der Waals surface area contributed by atoms with Crippen molar-refractivity contribution in [3.05, 3.63) is 54.6 Å². The van der Waals surface area contributed by atoms with Crippen LogP contribution in [0.2, 0.25) is 0 Å². The van der Waals surface area contributed by atoms with Crippen molar-refractivity contribution in [2.24, 2.45) is 5.92 Å². The van der Waals surface area contributed by atoms with Gasteiger partial charge in [-0.2, -0.15) is 11.3 Å². The van der Waals surface area contributed by atoms with E-state index in [4.69, 9.17) is 0 Å². The number of carbonyl (C=O) groups is 1. The number of thiazole rings is 1. The molecule has 6 nitrogen and oxygen atoms in total. The first-order chi connectivity index (χ1) is 13.5. The summed E-state index contributed by atoms with van der Waals surface area (Å²) in [6.45, 7) is 5.29. The number of rotatable bonds is 4. The molecule has 146 valence electrons. The van der Waals surface area contributed by atoms with Gasteiger partial charge in [-0.05, 0) is 44.1 Å². The molecular formula is C20H22N4O2S2. The number of aromatic amines is 1. The first-order valence-corrected chi connectivity index (χ1v) is 11.1. The second-order valence-electron chi connectivity index (χ2n) is 7.18. The summed E-state index contributed by atoms with van der Waals surface area (Å²) in [6, 6.07) is 3.52. The highest BCUT2D eigenvalue weighted by atomic mass is 32.1. The minimum Gasteiger partial charge on any atom is -0.338 e. The van der Waals surface area contributed by atoms with Crippen LogP contribution in [-0.4, -0.2) is 38.8 Å². The molecule has 28 heavy (non-hydrogen) atoms. The van der Waals surface area contributed by atoms with Crippen molar-refractivity contribution >= 4 is 28.6 Å². The monoisotopic (exact) mass is 414 g/mol. The van der Waals surface area contributed by atoms with Gasteiger partial charge >= 0.3 is 0 Å². The first kappa shape index (κ1) is 19.0. The summed E-state index contributed by atoms with van der Waals surface area (Å²) in [6.07, 6.45) is 2.55. The second kappa shape index (κ2) is 7.97. The number of hydrogen-bond acceptors (Lipinski definition) is 6. The van der Waals surface area contributed by atoms with Gasteiger partial charge in [0, 0.05) is 36.5 Å². The van der Waals surface area contributed by atoms with E-state index in [1.807, 2.05) is 35.6 Å². The lowest BCUT2D eigenvalue weighted by atomic mass is 9.93. The Labute approximate surface area is 171 Å². The molecule has 0 atom stereocenters. The predicted molar refractivity (Wildman–Crippen MR) is 112 cm³/mol. The van der Waals surface area contributed by atoms with Crippen molar-refractivity contribution in [1.29, 1.82) is 0 Å². The smallest absolute Gasteiger partial charge is 0.265 e. The molecule has 0 radical (unpaired) electrons. The number of thiophene rings is 1. The van der Waals surface area contributed by atoms with Crippen LogP contribution in [0.15, 0.2) is 27.7 Å². The van der Waals surface area contributed by atoms with Gasteiger partial charge in [0.25, 0.3) is 11.5 Å². The maximum absolute atomic E-state index is 12.8. The van der Waals surface area contributed by atoms with Crippen molar-refractivity contribution in [3.8, 4) is 11.3 Å². The lowest BCUT2D eigenvalue weighted by Gasteiger charge is -2.31. The number of H-pyrrole nitrogens is 1. The van der Waals surface area contributed by atoms with Crippen LogP contribution in [0.25, 0.3) is 11.3 Å². The largest absolute Gasteiger partial charge is 0.338 e. The maximum Gasteiger partial charge on any atom is 0.265 e. The van der Waals surface area contributed by atoms with Gasteiger partial charge in [-0.1, -0.05) is 0 Å². The number of aryl methyl sites for hydroxylation is 2. The molecule has 0 bridgehead atoms. The number of likely N-dealkylation sites (tertiary alicyclic amines) is 1. The van der Waals surface area contributed by atoms with E-state index in [9.17, 15) is 9.59 Å². The van der Waals surface area contributed by atoms with Gasteiger partial charge in [0.15, 0.2) is 0 Å². The summed E-state index contributed by atoms with van der Waals surface area (Å²) in [5.74, 6) is 1.23. The molecule has 0 aromatic carbocycles. The molecule has 0 saturated carbocycles. The summed E-state index contributed by atoms with van der Waals surface area (Å²) < 4.78 is 0. The fourth-order valence-corrected chi connectivity index (χ4v) is 5.19. The highest BCUT2D eigenvalue weighted by Gasteiger charge is 2.26. The van der Waals surface area contributed by atoms with Crippen LogP contribution >= 0.6 is 22.7 Å². The topological polar surface area (TPSA) is 79.0 Å². The molecule has 0 spiro atoms. The maximum atomic E-state index is 12.8. The zero-order valence-electron chi connectivity index (χ0n) is 15.9. The highest BCUT2D eigenvalue weighted by molar-refractivity contribution is 7.13. The third-order valence-electron chi connectivity index (χ3n) is 5.09. The van der Waals surface area contributed by atoms with Gasteiger partial charge in [0.2, 0.25) is 0 Å². The Bertz CT molecular complexity index is 1030. The number of piperidine rings is 1. The Kier molecular flexibility index (Phi) is 5.41. The fraction of sp³-hybridized carbons (Fsp3) is 0.400. The quantitative estimate of drug-likeness (QED) is 0.706. The molecule has 1 fully saturated rings. The molecule has 3 aromatic heterocycles. The predicted octanol–water partition coefficient (Wildman–Crippen LogP) is 3.67. The van der Waals surface area contributed by atoms with Crippen LogP contribution in [0.5, 0.6) is 0 Å². The van der Waals surface area contributed by atoms with Crippen molar-refractivity contribution in [2.45, 2.75) is 33.1 Å². The lowest BCUT2D eigenvalue weighted by molar-refractivity contribution is 0.0694. The average molecular weight is 415 g/mol. The molecule has 8 heteroatoms. The van der Waals surface area contributed by atoms with Gasteiger partial charge in [0.05, 0.1) is 16.4 Å². The average Bonchev–Trinajstić information content (AvgIpc) is 3.31. The van der Waals surface area contributed by atoms with Crippen LogP contribution in [0.4, 0.5) is 0 Å². The van der Waals surface area contributed by atoms with Crippen LogP contribution < -0.4 is 5.56 Å². The van der Waals surface area contributed by atoms with Gasteiger partial charge < -0.3 is 9.88 Å². The number of aromatic nitrogens is 3. The molecular weight excluding hydrogens is 392 g/mol. The van der Waals surface area contributed by atoms with Gasteiger partial charge in [-0.25, -0.2) is 9.97 Å². The van der Waals surface area contributed by atoms with Crippen LogP contribution in [-0.2, 0) is 6.42 Å². The third-order valence-corrected chi connectivity index (χ3v) is 6.83. The van der Waals surface area contributed by atoms with Crippen molar-refractivity contribution in [2.75, 3.05) is 13.1 Å². The van der Waals surface area contributed by atoms with E-state index in [1.54, 1.807) is 17.4 Å². The molecule has 1 N–H and O–H groups in total. The van der Waals surface area contributed by atoms with Crippen molar-refractivity contribution < 1.29 is 4.79 Å². The molecule has 0 unspecified atom stereocenters. The van der Waals surface area contributed by atoms with E-state index in [-0.39, 0.29) is 11.5 Å². The molecule has 3 aromatic rings.